The number of aromatic amines is 1. The van der Waals surface area contributed by atoms with Gasteiger partial charge in [0.2, 0.25) is 5.91 Å². The Hall–Kier alpha value is -4.19. The predicted molar refractivity (Wildman–Crippen MR) is 122 cm³/mol. The number of aromatic nitrogens is 1. The van der Waals surface area contributed by atoms with E-state index in [0.717, 1.165) is 22.0 Å². The van der Waals surface area contributed by atoms with E-state index in [-0.39, 0.29) is 17.5 Å². The highest BCUT2D eigenvalue weighted by Gasteiger charge is 2.18. The Labute approximate surface area is 179 Å². The second-order valence-corrected chi connectivity index (χ2v) is 7.18. The van der Waals surface area contributed by atoms with Crippen LogP contribution in [0.1, 0.15) is 22.6 Å². The molecule has 1 atom stereocenters. The summed E-state index contributed by atoms with van der Waals surface area (Å²) >= 11 is 0. The quantitative estimate of drug-likeness (QED) is 0.254. The minimum absolute atomic E-state index is 0.00830. The van der Waals surface area contributed by atoms with Crippen LogP contribution in [0.2, 0.25) is 0 Å². The van der Waals surface area contributed by atoms with Gasteiger partial charge in [-0.05, 0) is 28.8 Å². The molecule has 0 spiro atoms. The summed E-state index contributed by atoms with van der Waals surface area (Å²) < 4.78 is 0. The van der Waals surface area contributed by atoms with Crippen molar-refractivity contribution in [1.29, 1.82) is 0 Å². The zero-order valence-electron chi connectivity index (χ0n) is 16.7. The number of carbonyl (C=O) groups excluding carboxylic acids is 1. The van der Waals surface area contributed by atoms with Gasteiger partial charge in [0, 0.05) is 47.8 Å². The van der Waals surface area contributed by atoms with Crippen LogP contribution >= 0.6 is 0 Å². The molecule has 0 aliphatic carbocycles. The molecule has 4 rings (SSSR count). The summed E-state index contributed by atoms with van der Waals surface area (Å²) in [5, 5.41) is 15.0. The molecule has 1 unspecified atom stereocenters. The monoisotopic (exact) mass is 411 g/mol. The van der Waals surface area contributed by atoms with Gasteiger partial charge in [-0.25, -0.2) is 0 Å². The highest BCUT2D eigenvalue weighted by Crippen LogP contribution is 2.30. The largest absolute Gasteiger partial charge is 0.361 e. The maximum absolute atomic E-state index is 12.5. The number of amides is 1. The molecule has 0 saturated heterocycles. The highest BCUT2D eigenvalue weighted by atomic mass is 16.6. The minimum atomic E-state index is -0.455. The van der Waals surface area contributed by atoms with Crippen molar-refractivity contribution in [3.63, 3.8) is 0 Å². The van der Waals surface area contributed by atoms with Crippen LogP contribution in [0.5, 0.6) is 0 Å². The van der Waals surface area contributed by atoms with Gasteiger partial charge in [0.1, 0.15) is 0 Å². The van der Waals surface area contributed by atoms with Crippen molar-refractivity contribution < 1.29 is 9.72 Å². The molecule has 1 heterocycles. The molecule has 0 saturated carbocycles. The first-order valence-corrected chi connectivity index (χ1v) is 9.93. The Morgan fingerprint density at radius 1 is 1.03 bits per heavy atom. The molecular weight excluding hydrogens is 390 g/mol. The number of hydrogen-bond acceptors (Lipinski definition) is 3. The predicted octanol–water partition coefficient (Wildman–Crippen LogP) is 5.04. The van der Waals surface area contributed by atoms with Crippen molar-refractivity contribution in [3.05, 3.63) is 118 Å². The Bertz CT molecular complexity index is 1250. The topological polar surface area (TPSA) is 88.0 Å². The summed E-state index contributed by atoms with van der Waals surface area (Å²) in [6.45, 7) is 0.421. The third kappa shape index (κ3) is 4.70. The number of fused-ring (bicyclic) bond motifs is 1. The number of nitrogens with zero attached hydrogens (tertiary/aromatic N) is 1. The zero-order valence-corrected chi connectivity index (χ0v) is 16.7. The standard InChI is InChI=1S/C25H21N3O3/c29-25(14-13-18-7-6-10-20(15-18)28(30)31)27-16-22(19-8-2-1-3-9-19)23-17-26-24-12-5-4-11-21(23)24/h1-15,17,22,26H,16H2,(H,27,29). The van der Waals surface area contributed by atoms with Crippen LogP contribution in [0.3, 0.4) is 0 Å². The second-order valence-electron chi connectivity index (χ2n) is 7.18. The number of benzene rings is 3. The lowest BCUT2D eigenvalue weighted by molar-refractivity contribution is -0.384. The number of non-ortho nitro benzene ring substituents is 1. The van der Waals surface area contributed by atoms with E-state index in [1.54, 1.807) is 18.2 Å². The van der Waals surface area contributed by atoms with E-state index in [0.29, 0.717) is 12.1 Å². The molecule has 3 aromatic carbocycles. The van der Waals surface area contributed by atoms with Crippen LogP contribution in [0.4, 0.5) is 5.69 Å². The lowest BCUT2D eigenvalue weighted by atomic mass is 9.91. The van der Waals surface area contributed by atoms with Gasteiger partial charge in [0.25, 0.3) is 5.69 Å². The Kier molecular flexibility index (Phi) is 5.89. The average molecular weight is 411 g/mol. The average Bonchev–Trinajstić information content (AvgIpc) is 3.23. The maximum Gasteiger partial charge on any atom is 0.270 e. The number of rotatable bonds is 7. The smallest absolute Gasteiger partial charge is 0.270 e. The molecule has 0 fully saturated rings. The van der Waals surface area contributed by atoms with Crippen LogP contribution in [0.15, 0.2) is 91.1 Å². The summed E-state index contributed by atoms with van der Waals surface area (Å²) in [7, 11) is 0. The molecule has 0 radical (unpaired) electrons. The first-order chi connectivity index (χ1) is 15.1. The molecule has 0 aliphatic rings. The molecular formula is C25H21N3O3. The van der Waals surface area contributed by atoms with Gasteiger partial charge in [0.15, 0.2) is 0 Å². The molecule has 1 aromatic heterocycles. The van der Waals surface area contributed by atoms with E-state index in [2.05, 4.69) is 28.5 Å². The summed E-state index contributed by atoms with van der Waals surface area (Å²) in [5.41, 5.74) is 3.86. The van der Waals surface area contributed by atoms with Gasteiger partial charge in [-0.3, -0.25) is 14.9 Å². The fraction of sp³-hybridized carbons (Fsp3) is 0.0800. The molecule has 31 heavy (non-hydrogen) atoms. The molecule has 4 aromatic rings. The van der Waals surface area contributed by atoms with E-state index in [9.17, 15) is 14.9 Å². The molecule has 1 amide bonds. The number of carbonyl (C=O) groups is 1. The van der Waals surface area contributed by atoms with Crippen molar-refractivity contribution >= 4 is 28.6 Å². The van der Waals surface area contributed by atoms with E-state index >= 15 is 0 Å². The first-order valence-electron chi connectivity index (χ1n) is 9.93. The molecule has 6 nitrogen and oxygen atoms in total. The second kappa shape index (κ2) is 9.09. The van der Waals surface area contributed by atoms with Gasteiger partial charge in [0.05, 0.1) is 4.92 Å². The molecule has 6 heteroatoms. The van der Waals surface area contributed by atoms with Crippen molar-refractivity contribution in [2.75, 3.05) is 6.54 Å². The van der Waals surface area contributed by atoms with Crippen molar-refractivity contribution in [2.24, 2.45) is 0 Å². The summed E-state index contributed by atoms with van der Waals surface area (Å²) in [4.78, 5) is 26.2. The number of hydrogen-bond donors (Lipinski definition) is 2. The zero-order chi connectivity index (χ0) is 21.6. The van der Waals surface area contributed by atoms with Crippen LogP contribution in [0.25, 0.3) is 17.0 Å². The number of nitro benzene ring substituents is 1. The number of para-hydroxylation sites is 1. The Morgan fingerprint density at radius 3 is 2.61 bits per heavy atom. The van der Waals surface area contributed by atoms with E-state index in [1.807, 2.05) is 42.6 Å². The van der Waals surface area contributed by atoms with E-state index in [4.69, 9.17) is 0 Å². The van der Waals surface area contributed by atoms with Gasteiger partial charge in [-0.2, -0.15) is 0 Å². The van der Waals surface area contributed by atoms with Crippen LogP contribution < -0.4 is 5.32 Å². The number of H-pyrrole nitrogens is 1. The molecule has 0 aliphatic heterocycles. The van der Waals surface area contributed by atoms with E-state index < -0.39 is 4.92 Å². The van der Waals surface area contributed by atoms with Crippen LogP contribution in [-0.2, 0) is 4.79 Å². The van der Waals surface area contributed by atoms with Crippen LogP contribution in [-0.4, -0.2) is 22.4 Å². The van der Waals surface area contributed by atoms with Gasteiger partial charge in [-0.15, -0.1) is 0 Å². The van der Waals surface area contributed by atoms with Crippen molar-refractivity contribution in [3.8, 4) is 0 Å². The maximum atomic E-state index is 12.5. The lowest BCUT2D eigenvalue weighted by Gasteiger charge is -2.17. The minimum Gasteiger partial charge on any atom is -0.361 e. The summed E-state index contributed by atoms with van der Waals surface area (Å²) in [6.07, 6.45) is 4.97. The van der Waals surface area contributed by atoms with Gasteiger partial charge >= 0.3 is 0 Å². The number of nitrogens with one attached hydrogen (secondary N) is 2. The normalized spacial score (nSPS) is 12.1. The molecule has 2 N–H and O–H groups in total. The molecule has 0 bridgehead atoms. The Balaban J connectivity index is 1.52. The molecule has 154 valence electrons. The highest BCUT2D eigenvalue weighted by molar-refractivity contribution is 5.92. The fourth-order valence-corrected chi connectivity index (χ4v) is 3.65. The first kappa shape index (κ1) is 20.1. The van der Waals surface area contributed by atoms with Crippen molar-refractivity contribution in [2.45, 2.75) is 5.92 Å². The van der Waals surface area contributed by atoms with Crippen LogP contribution in [0, 0.1) is 10.1 Å². The third-order valence-electron chi connectivity index (χ3n) is 5.19. The number of nitro groups is 1. The lowest BCUT2D eigenvalue weighted by Crippen LogP contribution is -2.27. The fourth-order valence-electron chi connectivity index (χ4n) is 3.65. The summed E-state index contributed by atoms with van der Waals surface area (Å²) in [5.74, 6) is -0.278. The van der Waals surface area contributed by atoms with Crippen molar-refractivity contribution in [1.82, 2.24) is 10.3 Å². The van der Waals surface area contributed by atoms with Gasteiger partial charge < -0.3 is 10.3 Å². The summed E-state index contributed by atoms with van der Waals surface area (Å²) in [6, 6.07) is 24.3. The Morgan fingerprint density at radius 2 is 1.81 bits per heavy atom. The van der Waals surface area contributed by atoms with Gasteiger partial charge in [-0.1, -0.05) is 60.7 Å². The van der Waals surface area contributed by atoms with E-state index in [1.165, 1.54) is 18.2 Å². The SMILES string of the molecule is O=C(C=Cc1cccc([N+](=O)[O-])c1)NCC(c1ccccc1)c1c[nH]c2ccccc12. The third-order valence-corrected chi connectivity index (χ3v) is 5.19.